The van der Waals surface area contributed by atoms with E-state index < -0.39 is 0 Å². The highest BCUT2D eigenvalue weighted by molar-refractivity contribution is 5.72. The zero-order chi connectivity index (χ0) is 17.0. The van der Waals surface area contributed by atoms with Crippen LogP contribution in [0.5, 0.6) is 0 Å². The largest absolute Gasteiger partial charge is 0.318 e. The third-order valence-corrected chi connectivity index (χ3v) is 4.84. The van der Waals surface area contributed by atoms with Gasteiger partial charge >= 0.3 is 0 Å². The van der Waals surface area contributed by atoms with Gasteiger partial charge < -0.3 is 4.57 Å². The minimum atomic E-state index is 0.943. The number of nitrogens with zero attached hydrogens (tertiary/aromatic N) is 4. The van der Waals surface area contributed by atoms with E-state index in [4.69, 9.17) is 0 Å². The molecule has 134 valence electrons. The lowest BCUT2D eigenvalue weighted by Gasteiger charge is -2.03. The monoisotopic (exact) mass is 330 g/mol. The van der Waals surface area contributed by atoms with Gasteiger partial charge in [-0.2, -0.15) is 0 Å². The summed E-state index contributed by atoms with van der Waals surface area (Å²) in [5.74, 6) is 0. The molecule has 0 amide bonds. The molecular formula is C20H34N4. The maximum atomic E-state index is 4.43. The van der Waals surface area contributed by atoms with Crippen LogP contribution in [0.15, 0.2) is 12.7 Å². The number of imidazole rings is 1. The Labute approximate surface area is 147 Å². The van der Waals surface area contributed by atoms with Crippen LogP contribution in [0, 0.1) is 0 Å². The van der Waals surface area contributed by atoms with Crippen LogP contribution < -0.4 is 0 Å². The summed E-state index contributed by atoms with van der Waals surface area (Å²) >= 11 is 0. The molecule has 4 nitrogen and oxygen atoms in total. The molecule has 4 heteroatoms. The van der Waals surface area contributed by atoms with Crippen molar-refractivity contribution >= 4 is 11.2 Å². The van der Waals surface area contributed by atoms with Crippen molar-refractivity contribution in [3.63, 3.8) is 0 Å². The van der Waals surface area contributed by atoms with E-state index in [1.807, 2.05) is 17.9 Å². The molecule has 0 aromatic carbocycles. The Morgan fingerprint density at radius 3 is 1.96 bits per heavy atom. The quantitative estimate of drug-likeness (QED) is 0.448. The maximum Gasteiger partial charge on any atom is 0.163 e. The first-order chi connectivity index (χ1) is 11.8. The third kappa shape index (κ3) is 6.21. The molecule has 24 heavy (non-hydrogen) atoms. The van der Waals surface area contributed by atoms with E-state index in [1.54, 1.807) is 6.33 Å². The van der Waals surface area contributed by atoms with Crippen LogP contribution in [0.3, 0.4) is 0 Å². The number of fused-ring (bicyclic) bond motifs is 1. The summed E-state index contributed by atoms with van der Waals surface area (Å²) in [5.41, 5.74) is 3.02. The van der Waals surface area contributed by atoms with Crippen LogP contribution in [0.4, 0.5) is 0 Å². The summed E-state index contributed by atoms with van der Waals surface area (Å²) in [5, 5.41) is 0. The van der Waals surface area contributed by atoms with E-state index in [-0.39, 0.29) is 0 Å². The first kappa shape index (κ1) is 18.9. The zero-order valence-corrected chi connectivity index (χ0v) is 15.6. The minimum absolute atomic E-state index is 0.943. The van der Waals surface area contributed by atoms with E-state index in [2.05, 4.69) is 21.9 Å². The molecule has 0 N–H and O–H groups in total. The van der Waals surface area contributed by atoms with E-state index in [0.29, 0.717) is 0 Å². The second kappa shape index (κ2) is 11.2. The molecule has 0 atom stereocenters. The zero-order valence-electron chi connectivity index (χ0n) is 15.6. The number of hydrogen-bond acceptors (Lipinski definition) is 3. The first-order valence-corrected chi connectivity index (χ1v) is 9.94. The van der Waals surface area contributed by atoms with Crippen LogP contribution in [-0.4, -0.2) is 19.5 Å². The van der Waals surface area contributed by atoms with Gasteiger partial charge in [-0.3, -0.25) is 0 Å². The number of hydrogen-bond donors (Lipinski definition) is 0. The molecule has 2 rings (SSSR count). The predicted molar refractivity (Wildman–Crippen MR) is 101 cm³/mol. The lowest BCUT2D eigenvalue weighted by Crippen LogP contribution is -1.95. The fourth-order valence-electron chi connectivity index (χ4n) is 3.31. The van der Waals surface area contributed by atoms with Crippen molar-refractivity contribution in [2.24, 2.45) is 7.05 Å². The normalized spacial score (nSPS) is 11.4. The first-order valence-electron chi connectivity index (χ1n) is 9.94. The van der Waals surface area contributed by atoms with E-state index in [1.165, 1.54) is 77.0 Å². The molecule has 0 unspecified atom stereocenters. The number of aryl methyl sites for hydroxylation is 2. The van der Waals surface area contributed by atoms with Gasteiger partial charge in [-0.25, -0.2) is 15.0 Å². The molecule has 0 fully saturated rings. The molecular weight excluding hydrogens is 296 g/mol. The summed E-state index contributed by atoms with van der Waals surface area (Å²) in [7, 11) is 1.98. The van der Waals surface area contributed by atoms with Gasteiger partial charge in [0.25, 0.3) is 0 Å². The Balaban J connectivity index is 1.49. The van der Waals surface area contributed by atoms with Gasteiger partial charge in [0.15, 0.2) is 5.65 Å². The average molecular weight is 331 g/mol. The summed E-state index contributed by atoms with van der Waals surface area (Å²) in [4.78, 5) is 13.2. The van der Waals surface area contributed by atoms with Gasteiger partial charge in [-0.1, -0.05) is 77.6 Å². The molecule has 0 aliphatic rings. The van der Waals surface area contributed by atoms with Crippen molar-refractivity contribution < 1.29 is 0 Å². The molecule has 2 aromatic rings. The van der Waals surface area contributed by atoms with Gasteiger partial charge in [-0.15, -0.1) is 0 Å². The van der Waals surface area contributed by atoms with Crippen LogP contribution >= 0.6 is 0 Å². The van der Waals surface area contributed by atoms with Gasteiger partial charge in [0.05, 0.1) is 12.0 Å². The van der Waals surface area contributed by atoms with Crippen molar-refractivity contribution in [3.05, 3.63) is 18.3 Å². The highest BCUT2D eigenvalue weighted by Gasteiger charge is 2.07. The van der Waals surface area contributed by atoms with Crippen LogP contribution in [-0.2, 0) is 13.5 Å². The summed E-state index contributed by atoms with van der Waals surface area (Å²) in [6.45, 7) is 2.28. The second-order valence-electron chi connectivity index (χ2n) is 6.99. The van der Waals surface area contributed by atoms with Crippen LogP contribution in [0.25, 0.3) is 11.2 Å². The summed E-state index contributed by atoms with van der Waals surface area (Å²) < 4.78 is 1.96. The fraction of sp³-hybridized carbons (Fsp3) is 0.750. The topological polar surface area (TPSA) is 43.6 Å². The SMILES string of the molecule is CCCCCCCCCCCCCCc1ncnc2c1ncn2C. The van der Waals surface area contributed by atoms with E-state index >= 15 is 0 Å². The van der Waals surface area contributed by atoms with Gasteiger partial charge in [0.1, 0.15) is 11.8 Å². The number of rotatable bonds is 13. The third-order valence-electron chi connectivity index (χ3n) is 4.84. The molecule has 2 heterocycles. The Bertz CT molecular complexity index is 576. The number of aromatic nitrogens is 4. The predicted octanol–water partition coefficient (Wildman–Crippen LogP) is 5.61. The van der Waals surface area contributed by atoms with Crippen molar-refractivity contribution in [1.29, 1.82) is 0 Å². The molecule has 0 aliphatic carbocycles. The van der Waals surface area contributed by atoms with Crippen molar-refractivity contribution in [2.45, 2.75) is 90.4 Å². The molecule has 0 radical (unpaired) electrons. The molecule has 0 aliphatic heterocycles. The highest BCUT2D eigenvalue weighted by atomic mass is 15.1. The standard InChI is InChI=1S/C20H34N4/c1-3-4-5-6-7-8-9-10-11-12-13-14-15-18-19-20(22-16-21-18)24(2)17-23-19/h16-17H,3-15H2,1-2H3. The van der Waals surface area contributed by atoms with Crippen molar-refractivity contribution in [3.8, 4) is 0 Å². The Hall–Kier alpha value is -1.45. The second-order valence-corrected chi connectivity index (χ2v) is 6.99. The smallest absolute Gasteiger partial charge is 0.163 e. The Morgan fingerprint density at radius 1 is 0.750 bits per heavy atom. The van der Waals surface area contributed by atoms with Gasteiger partial charge in [0.2, 0.25) is 0 Å². The van der Waals surface area contributed by atoms with Gasteiger partial charge in [-0.05, 0) is 12.8 Å². The molecule has 0 saturated carbocycles. The lowest BCUT2D eigenvalue weighted by atomic mass is 10.0. The van der Waals surface area contributed by atoms with E-state index in [9.17, 15) is 0 Å². The lowest BCUT2D eigenvalue weighted by molar-refractivity contribution is 0.543. The highest BCUT2D eigenvalue weighted by Crippen LogP contribution is 2.16. The number of unbranched alkanes of at least 4 members (excludes halogenated alkanes) is 11. The molecule has 2 aromatic heterocycles. The maximum absolute atomic E-state index is 4.43. The summed E-state index contributed by atoms with van der Waals surface area (Å²) in [6.07, 6.45) is 21.1. The van der Waals surface area contributed by atoms with Crippen LogP contribution in [0.2, 0.25) is 0 Å². The minimum Gasteiger partial charge on any atom is -0.318 e. The van der Waals surface area contributed by atoms with E-state index in [0.717, 1.165) is 23.3 Å². The van der Waals surface area contributed by atoms with Crippen molar-refractivity contribution in [2.75, 3.05) is 0 Å². The Kier molecular flexibility index (Phi) is 8.78. The van der Waals surface area contributed by atoms with Crippen molar-refractivity contribution in [1.82, 2.24) is 19.5 Å². The summed E-state index contributed by atoms with van der Waals surface area (Å²) in [6, 6.07) is 0. The van der Waals surface area contributed by atoms with Crippen LogP contribution in [0.1, 0.15) is 89.7 Å². The Morgan fingerprint density at radius 2 is 1.33 bits per heavy atom. The van der Waals surface area contributed by atoms with Gasteiger partial charge in [0, 0.05) is 7.05 Å². The molecule has 0 spiro atoms. The average Bonchev–Trinajstić information content (AvgIpc) is 2.98. The fourth-order valence-corrected chi connectivity index (χ4v) is 3.31. The molecule has 0 saturated heterocycles. The molecule has 0 bridgehead atoms.